The number of nitrogens with zero attached hydrogens (tertiary/aromatic N) is 1. The van der Waals surface area contributed by atoms with Crippen molar-refractivity contribution in [1.82, 2.24) is 4.90 Å². The Hall–Kier alpha value is -0.620. The summed E-state index contributed by atoms with van der Waals surface area (Å²) in [6.07, 6.45) is 2.79. The maximum Gasteiger partial charge on any atom is 0.243 e. The number of amides is 1. The van der Waals surface area contributed by atoms with Crippen LogP contribution in [0, 0.1) is 5.92 Å². The lowest BCUT2D eigenvalue weighted by Gasteiger charge is -2.36. The topological polar surface area (TPSA) is 74.7 Å². The zero-order valence-electron chi connectivity index (χ0n) is 10.6. The molecule has 1 rings (SSSR count). The van der Waals surface area contributed by atoms with Crippen molar-refractivity contribution in [2.24, 2.45) is 5.92 Å². The molecule has 0 spiro atoms. The van der Waals surface area contributed by atoms with Gasteiger partial charge in [-0.25, -0.2) is 8.42 Å². The van der Waals surface area contributed by atoms with Crippen LogP contribution in [0.25, 0.3) is 0 Å². The second-order valence-electron chi connectivity index (χ2n) is 5.22. The predicted octanol–water partition coefficient (Wildman–Crippen LogP) is 0.0405. The number of carbonyl (C=O) groups excluding carboxylic acids is 1. The highest BCUT2D eigenvalue weighted by molar-refractivity contribution is 7.92. The number of piperidine rings is 1. The van der Waals surface area contributed by atoms with Gasteiger partial charge >= 0.3 is 0 Å². The normalized spacial score (nSPS) is 22.6. The molecule has 1 amide bonds. The second kappa shape index (κ2) is 4.94. The van der Waals surface area contributed by atoms with E-state index in [4.69, 9.17) is 5.11 Å². The van der Waals surface area contributed by atoms with E-state index >= 15 is 0 Å². The molecule has 0 bridgehead atoms. The highest BCUT2D eigenvalue weighted by Crippen LogP contribution is 2.23. The van der Waals surface area contributed by atoms with Gasteiger partial charge in [0.2, 0.25) is 5.91 Å². The van der Waals surface area contributed by atoms with E-state index in [9.17, 15) is 13.2 Å². The van der Waals surface area contributed by atoms with E-state index in [1.807, 2.05) is 0 Å². The first kappa shape index (κ1) is 14.4. The maximum absolute atomic E-state index is 12.2. The average Bonchev–Trinajstić information content (AvgIpc) is 2.26. The zero-order valence-corrected chi connectivity index (χ0v) is 11.5. The molecule has 1 aliphatic heterocycles. The van der Waals surface area contributed by atoms with E-state index in [2.05, 4.69) is 0 Å². The molecular weight excluding hydrogens is 242 g/mol. The van der Waals surface area contributed by atoms with Gasteiger partial charge in [0.05, 0.1) is 0 Å². The van der Waals surface area contributed by atoms with Crippen molar-refractivity contribution in [2.75, 3.05) is 26.0 Å². The molecule has 0 aromatic rings. The summed E-state index contributed by atoms with van der Waals surface area (Å²) in [5, 5.41) is 9.10. The van der Waals surface area contributed by atoms with Crippen LogP contribution < -0.4 is 0 Å². The fraction of sp³-hybridized carbons (Fsp3) is 0.909. The molecule has 100 valence electrons. The number of hydrogen-bond donors (Lipinski definition) is 1. The molecule has 0 aliphatic carbocycles. The average molecular weight is 263 g/mol. The molecule has 1 aliphatic rings. The molecule has 0 aromatic carbocycles. The Morgan fingerprint density at radius 1 is 1.47 bits per heavy atom. The molecule has 1 heterocycles. The van der Waals surface area contributed by atoms with Gasteiger partial charge in [0, 0.05) is 26.0 Å². The van der Waals surface area contributed by atoms with Gasteiger partial charge in [-0.1, -0.05) is 0 Å². The Morgan fingerprint density at radius 2 is 2.06 bits per heavy atom. The Labute approximate surface area is 103 Å². The Bertz CT molecular complexity index is 388. The summed E-state index contributed by atoms with van der Waals surface area (Å²) >= 11 is 0. The smallest absolute Gasteiger partial charge is 0.243 e. The quantitative estimate of drug-likeness (QED) is 0.780. The predicted molar refractivity (Wildman–Crippen MR) is 65.3 cm³/mol. The van der Waals surface area contributed by atoms with E-state index < -0.39 is 14.6 Å². The first-order valence-corrected chi connectivity index (χ1v) is 7.69. The molecule has 0 saturated carbocycles. The molecular formula is C11H21NO4S. The van der Waals surface area contributed by atoms with E-state index in [0.29, 0.717) is 13.1 Å². The van der Waals surface area contributed by atoms with Crippen molar-refractivity contribution in [3.05, 3.63) is 0 Å². The summed E-state index contributed by atoms with van der Waals surface area (Å²) in [7, 11) is -3.43. The first-order valence-electron chi connectivity index (χ1n) is 5.80. The van der Waals surface area contributed by atoms with Crippen LogP contribution in [0.4, 0.5) is 0 Å². The van der Waals surface area contributed by atoms with Crippen LogP contribution in [0.5, 0.6) is 0 Å². The minimum atomic E-state index is -3.43. The number of carbonyl (C=O) groups is 1. The zero-order chi connectivity index (χ0) is 13.3. The second-order valence-corrected chi connectivity index (χ2v) is 7.79. The molecule has 17 heavy (non-hydrogen) atoms. The molecule has 0 radical (unpaired) electrons. The highest BCUT2D eigenvalue weighted by atomic mass is 32.2. The van der Waals surface area contributed by atoms with E-state index in [1.165, 1.54) is 13.8 Å². The van der Waals surface area contributed by atoms with Gasteiger partial charge in [-0.05, 0) is 32.6 Å². The molecule has 1 saturated heterocycles. The number of rotatable bonds is 3. The number of hydrogen-bond acceptors (Lipinski definition) is 4. The number of likely N-dealkylation sites (tertiary alicyclic amines) is 1. The van der Waals surface area contributed by atoms with Gasteiger partial charge in [-0.3, -0.25) is 4.79 Å². The van der Waals surface area contributed by atoms with Crippen molar-refractivity contribution < 1.29 is 18.3 Å². The van der Waals surface area contributed by atoms with Gasteiger partial charge in [0.1, 0.15) is 4.75 Å². The van der Waals surface area contributed by atoms with Gasteiger partial charge in [-0.2, -0.15) is 0 Å². The van der Waals surface area contributed by atoms with E-state index in [1.54, 1.807) is 4.90 Å². The Kier molecular flexibility index (Phi) is 4.19. The van der Waals surface area contributed by atoms with Crippen LogP contribution in [0.3, 0.4) is 0 Å². The summed E-state index contributed by atoms with van der Waals surface area (Å²) < 4.78 is 21.8. The maximum atomic E-state index is 12.2. The van der Waals surface area contributed by atoms with Gasteiger partial charge in [0.25, 0.3) is 0 Å². The lowest BCUT2D eigenvalue weighted by Crippen LogP contribution is -2.52. The van der Waals surface area contributed by atoms with Crippen molar-refractivity contribution in [3.8, 4) is 0 Å². The molecule has 6 heteroatoms. The minimum absolute atomic E-state index is 0.0447. The van der Waals surface area contributed by atoms with Crippen molar-refractivity contribution in [1.29, 1.82) is 0 Å². The minimum Gasteiger partial charge on any atom is -0.396 e. The standard InChI is InChI=1S/C11H21NO4S/c1-11(2,17(3,15)16)10(14)12-6-4-5-9(7-12)8-13/h9,13H,4-8H2,1-3H3. The van der Waals surface area contributed by atoms with Crippen LogP contribution >= 0.6 is 0 Å². The lowest BCUT2D eigenvalue weighted by atomic mass is 9.98. The van der Waals surface area contributed by atoms with Crippen LogP contribution in [-0.4, -0.2) is 55.0 Å². The van der Waals surface area contributed by atoms with Crippen molar-refractivity contribution in [3.63, 3.8) is 0 Å². The molecule has 1 unspecified atom stereocenters. The summed E-state index contributed by atoms with van der Waals surface area (Å²) in [6, 6.07) is 0. The number of sulfone groups is 1. The SMILES string of the molecule is CC(C)(C(=O)N1CCCC(CO)C1)S(C)(=O)=O. The van der Waals surface area contributed by atoms with Crippen LogP contribution in [0.1, 0.15) is 26.7 Å². The highest BCUT2D eigenvalue weighted by Gasteiger charge is 2.42. The molecule has 5 nitrogen and oxygen atoms in total. The summed E-state index contributed by atoms with van der Waals surface area (Å²) in [5.74, 6) is -0.291. The van der Waals surface area contributed by atoms with E-state index in [-0.39, 0.29) is 18.4 Å². The van der Waals surface area contributed by atoms with Gasteiger partial charge in [-0.15, -0.1) is 0 Å². The van der Waals surface area contributed by atoms with Crippen molar-refractivity contribution in [2.45, 2.75) is 31.4 Å². The lowest BCUT2D eigenvalue weighted by molar-refractivity contribution is -0.135. The van der Waals surface area contributed by atoms with Gasteiger partial charge < -0.3 is 10.0 Å². The monoisotopic (exact) mass is 263 g/mol. The van der Waals surface area contributed by atoms with Crippen LogP contribution in [-0.2, 0) is 14.6 Å². The summed E-state index contributed by atoms with van der Waals surface area (Å²) in [4.78, 5) is 13.8. The molecule has 1 N–H and O–H groups in total. The summed E-state index contributed by atoms with van der Waals surface area (Å²) in [6.45, 7) is 3.95. The van der Waals surface area contributed by atoms with Crippen LogP contribution in [0.2, 0.25) is 0 Å². The summed E-state index contributed by atoms with van der Waals surface area (Å²) in [5.41, 5.74) is 0. The largest absolute Gasteiger partial charge is 0.396 e. The fourth-order valence-corrected chi connectivity index (χ4v) is 2.38. The Morgan fingerprint density at radius 3 is 2.53 bits per heavy atom. The molecule has 1 atom stereocenters. The third kappa shape index (κ3) is 2.98. The van der Waals surface area contributed by atoms with Crippen LogP contribution in [0.15, 0.2) is 0 Å². The third-order valence-corrected chi connectivity index (χ3v) is 5.53. The third-order valence-electron chi connectivity index (χ3n) is 3.51. The molecule has 1 fully saturated rings. The number of aliphatic hydroxyl groups excluding tert-OH is 1. The first-order chi connectivity index (χ1) is 7.70. The van der Waals surface area contributed by atoms with Crippen molar-refractivity contribution >= 4 is 15.7 Å². The molecule has 0 aromatic heterocycles. The fourth-order valence-electron chi connectivity index (χ4n) is 1.94. The number of aliphatic hydroxyl groups is 1. The van der Waals surface area contributed by atoms with Gasteiger partial charge in [0.15, 0.2) is 9.84 Å². The Balaban J connectivity index is 2.83. The van der Waals surface area contributed by atoms with E-state index in [0.717, 1.165) is 19.1 Å².